The number of alkyl halides is 3. The standard InChI is InChI=1S/C18H15ClN4O.C2HF3O2/c19-16-11-20-18-22-13-4-1-3-12(9-13)7-8-24-15-6-2-5-14(10-15)21-17(16)23-18;3-2(4,5)1(6)7/h1-6,9-11H,7-8H2,(H2,20,21,22,23);(H,6,7). The SMILES string of the molecule is Clc1cnc2nc1Nc1cccc(c1)OCCc1cccc(c1)N2.O=C(O)C(F)(F)F. The monoisotopic (exact) mass is 452 g/mol. The minimum atomic E-state index is -5.08. The predicted octanol–water partition coefficient (Wildman–Crippen LogP) is 5.19. The molecule has 1 aliphatic rings. The zero-order valence-corrected chi connectivity index (χ0v) is 16.5. The quantitative estimate of drug-likeness (QED) is 0.432. The van der Waals surface area contributed by atoms with Crippen molar-refractivity contribution in [3.8, 4) is 5.75 Å². The number of carboxylic acid groups (broad SMARTS) is 1. The Morgan fingerprint density at radius 2 is 1.77 bits per heavy atom. The molecule has 0 saturated carbocycles. The number of carboxylic acids is 1. The lowest BCUT2D eigenvalue weighted by Crippen LogP contribution is -2.21. The van der Waals surface area contributed by atoms with E-state index in [0.29, 0.717) is 23.4 Å². The Kier molecular flexibility index (Phi) is 6.81. The molecule has 0 atom stereocenters. The highest BCUT2D eigenvalue weighted by Crippen LogP contribution is 2.27. The molecule has 11 heteroatoms. The summed E-state index contributed by atoms with van der Waals surface area (Å²) in [6.45, 7) is 0.607. The molecule has 0 spiro atoms. The van der Waals surface area contributed by atoms with Crippen molar-refractivity contribution in [3.05, 3.63) is 65.3 Å². The number of benzene rings is 2. The van der Waals surface area contributed by atoms with E-state index in [2.05, 4.69) is 32.7 Å². The molecule has 0 aliphatic carbocycles. The predicted molar refractivity (Wildman–Crippen MR) is 109 cm³/mol. The first-order chi connectivity index (χ1) is 14.7. The molecule has 1 aliphatic heterocycles. The minimum absolute atomic E-state index is 0.452. The van der Waals surface area contributed by atoms with Crippen LogP contribution in [0.1, 0.15) is 5.56 Å². The van der Waals surface area contributed by atoms with Crippen LogP contribution in [0.4, 0.5) is 36.3 Å². The van der Waals surface area contributed by atoms with Crippen molar-refractivity contribution in [2.45, 2.75) is 12.6 Å². The van der Waals surface area contributed by atoms with E-state index < -0.39 is 12.1 Å². The molecule has 31 heavy (non-hydrogen) atoms. The number of anilines is 4. The molecule has 2 aromatic carbocycles. The summed E-state index contributed by atoms with van der Waals surface area (Å²) in [5.74, 6) is -0.924. The van der Waals surface area contributed by atoms with Crippen LogP contribution in [0, 0.1) is 0 Å². The van der Waals surface area contributed by atoms with E-state index in [1.807, 2.05) is 36.4 Å². The van der Waals surface area contributed by atoms with Gasteiger partial charge in [-0.25, -0.2) is 9.78 Å². The summed E-state index contributed by atoms with van der Waals surface area (Å²) in [6.07, 6.45) is -2.69. The zero-order valence-electron chi connectivity index (χ0n) is 15.8. The first kappa shape index (κ1) is 22.2. The van der Waals surface area contributed by atoms with Crippen molar-refractivity contribution in [2.75, 3.05) is 17.2 Å². The fourth-order valence-corrected chi connectivity index (χ4v) is 2.67. The second-order valence-electron chi connectivity index (χ2n) is 6.27. The van der Waals surface area contributed by atoms with Crippen LogP contribution in [0.3, 0.4) is 0 Å². The van der Waals surface area contributed by atoms with E-state index in [0.717, 1.165) is 23.5 Å². The number of aromatic nitrogens is 2. The van der Waals surface area contributed by atoms with E-state index in [-0.39, 0.29) is 0 Å². The second kappa shape index (κ2) is 9.52. The van der Waals surface area contributed by atoms with Gasteiger partial charge >= 0.3 is 12.1 Å². The average Bonchev–Trinajstić information content (AvgIpc) is 2.70. The molecule has 6 bridgehead atoms. The summed E-state index contributed by atoms with van der Waals surface area (Å²) in [4.78, 5) is 17.6. The molecule has 4 rings (SSSR count). The van der Waals surface area contributed by atoms with Gasteiger partial charge in [-0.2, -0.15) is 18.2 Å². The van der Waals surface area contributed by atoms with Gasteiger partial charge in [-0.3, -0.25) is 0 Å². The summed E-state index contributed by atoms with van der Waals surface area (Å²) >= 11 is 6.21. The first-order valence-electron chi connectivity index (χ1n) is 8.89. The Morgan fingerprint density at radius 1 is 1.10 bits per heavy atom. The fourth-order valence-electron chi connectivity index (χ4n) is 2.54. The molecule has 162 valence electrons. The number of halogens is 4. The normalized spacial score (nSPS) is 12.6. The number of carbonyl (C=O) groups is 1. The van der Waals surface area contributed by atoms with Gasteiger partial charge in [-0.05, 0) is 29.8 Å². The van der Waals surface area contributed by atoms with Gasteiger partial charge in [-0.15, -0.1) is 0 Å². The maximum absolute atomic E-state index is 10.6. The summed E-state index contributed by atoms with van der Waals surface area (Å²) in [5.41, 5.74) is 2.96. The van der Waals surface area contributed by atoms with E-state index in [9.17, 15) is 13.2 Å². The lowest BCUT2D eigenvalue weighted by molar-refractivity contribution is -0.192. The highest BCUT2D eigenvalue weighted by Gasteiger charge is 2.38. The molecular formula is C20H16ClF3N4O3. The number of ether oxygens (including phenoxy) is 1. The van der Waals surface area contributed by atoms with Crippen LogP contribution in [0.25, 0.3) is 0 Å². The second-order valence-corrected chi connectivity index (χ2v) is 6.68. The van der Waals surface area contributed by atoms with Gasteiger partial charge in [-0.1, -0.05) is 29.8 Å². The van der Waals surface area contributed by atoms with Crippen molar-refractivity contribution < 1.29 is 27.8 Å². The number of aliphatic carboxylic acids is 1. The molecule has 0 amide bonds. The molecule has 0 fully saturated rings. The topological polar surface area (TPSA) is 96.4 Å². The number of rotatable bonds is 0. The van der Waals surface area contributed by atoms with E-state index in [1.54, 1.807) is 6.20 Å². The maximum atomic E-state index is 10.6. The van der Waals surface area contributed by atoms with Crippen LogP contribution < -0.4 is 15.4 Å². The molecule has 3 aromatic rings. The van der Waals surface area contributed by atoms with Crippen LogP contribution in [-0.4, -0.2) is 33.8 Å². The summed E-state index contributed by atoms with van der Waals surface area (Å²) in [7, 11) is 0. The van der Waals surface area contributed by atoms with Gasteiger partial charge in [0, 0.05) is 23.9 Å². The number of hydrogen-bond acceptors (Lipinski definition) is 6. The Balaban J connectivity index is 0.000000339. The molecule has 0 radical (unpaired) electrons. The van der Waals surface area contributed by atoms with Crippen molar-refractivity contribution in [1.29, 1.82) is 0 Å². The van der Waals surface area contributed by atoms with Crippen LogP contribution >= 0.6 is 11.6 Å². The Morgan fingerprint density at radius 3 is 2.48 bits per heavy atom. The number of nitrogens with zero attached hydrogens (tertiary/aromatic N) is 2. The first-order valence-corrected chi connectivity index (χ1v) is 9.27. The molecule has 0 unspecified atom stereocenters. The maximum Gasteiger partial charge on any atom is 0.490 e. The number of fused-ring (bicyclic) bond motifs is 6. The summed E-state index contributed by atoms with van der Waals surface area (Å²) < 4.78 is 37.6. The molecule has 7 nitrogen and oxygen atoms in total. The van der Waals surface area contributed by atoms with E-state index in [1.165, 1.54) is 5.56 Å². The van der Waals surface area contributed by atoms with E-state index in [4.69, 9.17) is 26.2 Å². The molecule has 0 saturated heterocycles. The third-order valence-corrected chi connectivity index (χ3v) is 4.20. The third kappa shape index (κ3) is 6.48. The highest BCUT2D eigenvalue weighted by atomic mass is 35.5. The molecular weight excluding hydrogens is 437 g/mol. The lowest BCUT2D eigenvalue weighted by Gasteiger charge is -2.13. The highest BCUT2D eigenvalue weighted by molar-refractivity contribution is 6.32. The van der Waals surface area contributed by atoms with Gasteiger partial charge < -0.3 is 20.5 Å². The van der Waals surface area contributed by atoms with Gasteiger partial charge in [0.2, 0.25) is 5.95 Å². The van der Waals surface area contributed by atoms with Gasteiger partial charge in [0.1, 0.15) is 10.8 Å². The smallest absolute Gasteiger partial charge is 0.490 e. The van der Waals surface area contributed by atoms with Gasteiger partial charge in [0.05, 0.1) is 12.8 Å². The molecule has 2 heterocycles. The Bertz CT molecular complexity index is 1080. The van der Waals surface area contributed by atoms with Gasteiger partial charge in [0.15, 0.2) is 5.82 Å². The molecule has 3 N–H and O–H groups in total. The summed E-state index contributed by atoms with van der Waals surface area (Å²) in [5, 5.41) is 14.0. The number of nitrogens with one attached hydrogen (secondary N) is 2. The fraction of sp³-hybridized carbons (Fsp3) is 0.150. The Hall–Kier alpha value is -3.53. The Labute approximate surface area is 179 Å². The van der Waals surface area contributed by atoms with Crippen LogP contribution in [0.2, 0.25) is 5.02 Å². The van der Waals surface area contributed by atoms with Crippen molar-refractivity contribution in [1.82, 2.24) is 9.97 Å². The van der Waals surface area contributed by atoms with Crippen LogP contribution in [-0.2, 0) is 11.2 Å². The largest absolute Gasteiger partial charge is 0.493 e. The summed E-state index contributed by atoms with van der Waals surface area (Å²) in [6, 6.07) is 15.8. The van der Waals surface area contributed by atoms with Crippen molar-refractivity contribution in [3.63, 3.8) is 0 Å². The van der Waals surface area contributed by atoms with Crippen molar-refractivity contribution >= 4 is 40.7 Å². The van der Waals surface area contributed by atoms with E-state index >= 15 is 0 Å². The molecule has 1 aromatic heterocycles. The average molecular weight is 453 g/mol. The lowest BCUT2D eigenvalue weighted by atomic mass is 10.1. The third-order valence-electron chi connectivity index (χ3n) is 3.93. The van der Waals surface area contributed by atoms with Crippen LogP contribution in [0.15, 0.2) is 54.7 Å². The van der Waals surface area contributed by atoms with Crippen molar-refractivity contribution in [2.24, 2.45) is 0 Å². The van der Waals surface area contributed by atoms with Crippen LogP contribution in [0.5, 0.6) is 5.75 Å². The number of hydrogen-bond donors (Lipinski definition) is 3. The zero-order chi connectivity index (χ0) is 22.4. The van der Waals surface area contributed by atoms with Gasteiger partial charge in [0.25, 0.3) is 0 Å². The minimum Gasteiger partial charge on any atom is -0.493 e.